The summed E-state index contributed by atoms with van der Waals surface area (Å²) in [5.41, 5.74) is 12.0. The lowest BCUT2D eigenvalue weighted by Crippen LogP contribution is -2.40. The second-order valence-electron chi connectivity index (χ2n) is 3.61. The van der Waals surface area contributed by atoms with Gasteiger partial charge in [0.1, 0.15) is 12.1 Å². The molecule has 0 amide bonds. The SMILES string of the molecule is N[C@@H](CCC(=O)O)C(=O)OC(=O)[C@@H](N)CS/C(Cl)=C/Cl. The number of carboxylic acid groups (broad SMARTS) is 1. The fourth-order valence-electron chi connectivity index (χ4n) is 0.916. The molecular formula is C10H14Cl2N2O5S. The molecule has 0 bridgehead atoms. The molecular weight excluding hydrogens is 331 g/mol. The lowest BCUT2D eigenvalue weighted by molar-refractivity contribution is -0.161. The van der Waals surface area contributed by atoms with Crippen molar-refractivity contribution in [1.29, 1.82) is 0 Å². The number of aliphatic carboxylic acids is 1. The molecule has 0 radical (unpaired) electrons. The number of carbonyl (C=O) groups is 3. The second kappa shape index (κ2) is 10.0. The van der Waals surface area contributed by atoms with E-state index >= 15 is 0 Å². The minimum atomic E-state index is -1.19. The van der Waals surface area contributed by atoms with Gasteiger partial charge in [-0.05, 0) is 6.42 Å². The Balaban J connectivity index is 4.17. The van der Waals surface area contributed by atoms with Gasteiger partial charge in [0.15, 0.2) is 0 Å². The summed E-state index contributed by atoms with van der Waals surface area (Å²) >= 11 is 11.9. The van der Waals surface area contributed by atoms with E-state index in [2.05, 4.69) is 4.74 Å². The Morgan fingerprint density at radius 2 is 1.80 bits per heavy atom. The molecule has 7 nitrogen and oxygen atoms in total. The monoisotopic (exact) mass is 344 g/mol. The Bertz CT molecular complexity index is 405. The number of thioether (sulfide) groups is 1. The maximum atomic E-state index is 11.4. The van der Waals surface area contributed by atoms with E-state index < -0.39 is 30.0 Å². The highest BCUT2D eigenvalue weighted by Gasteiger charge is 2.23. The second-order valence-corrected chi connectivity index (χ2v) is 5.52. The van der Waals surface area contributed by atoms with Crippen LogP contribution in [0.1, 0.15) is 12.8 Å². The van der Waals surface area contributed by atoms with Gasteiger partial charge in [-0.1, -0.05) is 23.2 Å². The Kier molecular flexibility index (Phi) is 9.60. The number of rotatable bonds is 8. The molecule has 0 aliphatic carbocycles. The van der Waals surface area contributed by atoms with Crippen LogP contribution in [0, 0.1) is 0 Å². The molecule has 0 aromatic carbocycles. The first-order valence-corrected chi connectivity index (χ1v) is 7.15. The topological polar surface area (TPSA) is 133 Å². The molecule has 10 heteroatoms. The fourth-order valence-corrected chi connectivity index (χ4v) is 1.83. The average molecular weight is 345 g/mol. The van der Waals surface area contributed by atoms with Crippen molar-refractivity contribution in [3.63, 3.8) is 0 Å². The molecule has 20 heavy (non-hydrogen) atoms. The number of hydrogen-bond acceptors (Lipinski definition) is 7. The summed E-state index contributed by atoms with van der Waals surface area (Å²) in [6.45, 7) is 0. The van der Waals surface area contributed by atoms with Crippen LogP contribution in [0.5, 0.6) is 0 Å². The Labute approximate surface area is 129 Å². The Morgan fingerprint density at radius 1 is 1.25 bits per heavy atom. The molecule has 0 aromatic heterocycles. The van der Waals surface area contributed by atoms with Gasteiger partial charge in [-0.15, -0.1) is 11.8 Å². The number of ether oxygens (including phenoxy) is 1. The van der Waals surface area contributed by atoms with E-state index in [0.717, 1.165) is 17.3 Å². The van der Waals surface area contributed by atoms with Crippen LogP contribution in [0.2, 0.25) is 0 Å². The Morgan fingerprint density at radius 3 is 2.30 bits per heavy atom. The van der Waals surface area contributed by atoms with Crippen molar-refractivity contribution in [1.82, 2.24) is 0 Å². The minimum absolute atomic E-state index is 0.0680. The van der Waals surface area contributed by atoms with Crippen LogP contribution in [-0.2, 0) is 19.1 Å². The van der Waals surface area contributed by atoms with Crippen LogP contribution in [0.25, 0.3) is 0 Å². The van der Waals surface area contributed by atoms with E-state index in [0.29, 0.717) is 0 Å². The third-order valence-electron chi connectivity index (χ3n) is 1.96. The van der Waals surface area contributed by atoms with E-state index in [4.69, 9.17) is 39.8 Å². The van der Waals surface area contributed by atoms with Gasteiger partial charge in [0.25, 0.3) is 0 Å². The lowest BCUT2D eigenvalue weighted by Gasteiger charge is -2.12. The summed E-state index contributed by atoms with van der Waals surface area (Å²) in [5.74, 6) is -3.02. The molecule has 0 spiro atoms. The maximum Gasteiger partial charge on any atom is 0.331 e. The number of halogens is 2. The van der Waals surface area contributed by atoms with Crippen LogP contribution in [0.15, 0.2) is 9.90 Å². The molecule has 114 valence electrons. The van der Waals surface area contributed by atoms with Crippen molar-refractivity contribution in [2.45, 2.75) is 24.9 Å². The fraction of sp³-hybridized carbons (Fsp3) is 0.500. The zero-order chi connectivity index (χ0) is 15.7. The molecule has 0 fully saturated rings. The quantitative estimate of drug-likeness (QED) is 0.430. The number of esters is 2. The molecule has 0 saturated heterocycles. The van der Waals surface area contributed by atoms with Gasteiger partial charge in [0.2, 0.25) is 0 Å². The number of hydrogen-bond donors (Lipinski definition) is 3. The molecule has 0 unspecified atom stereocenters. The first kappa shape index (κ1) is 19.2. The number of carboxylic acids is 1. The van der Waals surface area contributed by atoms with Gasteiger partial charge in [0, 0.05) is 17.7 Å². The number of nitrogens with two attached hydrogens (primary N) is 2. The molecule has 0 aliphatic rings. The molecule has 5 N–H and O–H groups in total. The average Bonchev–Trinajstić information content (AvgIpc) is 2.40. The van der Waals surface area contributed by atoms with Gasteiger partial charge in [-0.3, -0.25) is 4.79 Å². The van der Waals surface area contributed by atoms with Gasteiger partial charge in [0.05, 0.1) is 4.36 Å². The predicted molar refractivity (Wildman–Crippen MR) is 76.2 cm³/mol. The van der Waals surface area contributed by atoms with Crippen LogP contribution in [-0.4, -0.2) is 40.9 Å². The van der Waals surface area contributed by atoms with Crippen molar-refractivity contribution in [3.05, 3.63) is 9.90 Å². The standard InChI is InChI=1S/C10H14Cl2N2O5S/c11-3-7(12)20-4-6(14)10(18)19-9(17)5(13)1-2-8(15)16/h3,5-6H,1-2,4,13-14H2,(H,15,16)/b7-3+/t5-,6-/m0/s1. The zero-order valence-electron chi connectivity index (χ0n) is 10.3. The predicted octanol–water partition coefficient (Wildman–Crippen LogP) is 0.585. The maximum absolute atomic E-state index is 11.4. The summed E-state index contributed by atoms with van der Waals surface area (Å²) in [4.78, 5) is 33.1. The molecule has 0 rings (SSSR count). The van der Waals surface area contributed by atoms with E-state index in [1.807, 2.05) is 0 Å². The summed E-state index contributed by atoms with van der Waals surface area (Å²) in [6, 6.07) is -2.28. The molecule has 0 aliphatic heterocycles. The van der Waals surface area contributed by atoms with E-state index in [-0.39, 0.29) is 23.0 Å². The lowest BCUT2D eigenvalue weighted by atomic mass is 10.2. The van der Waals surface area contributed by atoms with Gasteiger partial charge in [-0.2, -0.15) is 0 Å². The summed E-state index contributed by atoms with van der Waals surface area (Å²) < 4.78 is 4.68. The van der Waals surface area contributed by atoms with Crippen LogP contribution in [0.4, 0.5) is 0 Å². The summed E-state index contributed by atoms with van der Waals surface area (Å²) in [5, 5.41) is 8.43. The van der Waals surface area contributed by atoms with Crippen molar-refractivity contribution in [2.24, 2.45) is 11.5 Å². The smallest absolute Gasteiger partial charge is 0.331 e. The third kappa shape index (κ3) is 8.39. The highest BCUT2D eigenvalue weighted by Crippen LogP contribution is 2.21. The number of carbonyl (C=O) groups excluding carboxylic acids is 2. The summed E-state index contributed by atoms with van der Waals surface area (Å²) in [6.07, 6.45) is -0.436. The summed E-state index contributed by atoms with van der Waals surface area (Å²) in [7, 11) is 0. The van der Waals surface area contributed by atoms with E-state index in [1.54, 1.807) is 0 Å². The van der Waals surface area contributed by atoms with Crippen molar-refractivity contribution in [3.8, 4) is 0 Å². The van der Waals surface area contributed by atoms with E-state index in [9.17, 15) is 14.4 Å². The van der Waals surface area contributed by atoms with Gasteiger partial charge in [-0.25, -0.2) is 9.59 Å². The Hall–Kier alpha value is -0.800. The zero-order valence-corrected chi connectivity index (χ0v) is 12.6. The van der Waals surface area contributed by atoms with Gasteiger partial charge >= 0.3 is 17.9 Å². The first-order chi connectivity index (χ1) is 9.27. The molecule has 0 heterocycles. The van der Waals surface area contributed by atoms with Crippen LogP contribution < -0.4 is 11.5 Å². The molecule has 2 atom stereocenters. The van der Waals surface area contributed by atoms with Crippen molar-refractivity contribution in [2.75, 3.05) is 5.75 Å². The highest BCUT2D eigenvalue weighted by molar-refractivity contribution is 8.04. The normalized spacial score (nSPS) is 14.5. The molecule has 0 saturated carbocycles. The third-order valence-corrected chi connectivity index (χ3v) is 3.78. The van der Waals surface area contributed by atoms with Crippen LogP contribution >= 0.6 is 35.0 Å². The highest BCUT2D eigenvalue weighted by atomic mass is 35.5. The largest absolute Gasteiger partial charge is 0.481 e. The van der Waals surface area contributed by atoms with E-state index in [1.165, 1.54) is 0 Å². The molecule has 0 aromatic rings. The first-order valence-electron chi connectivity index (χ1n) is 5.35. The van der Waals surface area contributed by atoms with Gasteiger partial charge < -0.3 is 21.3 Å². The van der Waals surface area contributed by atoms with Crippen molar-refractivity contribution < 1.29 is 24.2 Å². The van der Waals surface area contributed by atoms with Crippen LogP contribution in [0.3, 0.4) is 0 Å². The minimum Gasteiger partial charge on any atom is -0.481 e. The van der Waals surface area contributed by atoms with Crippen molar-refractivity contribution >= 4 is 52.9 Å².